The largest absolute Gasteiger partial charge is 0.435 e. The summed E-state index contributed by atoms with van der Waals surface area (Å²) in [5.41, 5.74) is -0.165. The van der Waals surface area contributed by atoms with Crippen LogP contribution in [-0.4, -0.2) is 24.4 Å². The van der Waals surface area contributed by atoms with E-state index in [9.17, 15) is 21.6 Å². The van der Waals surface area contributed by atoms with E-state index in [1.807, 2.05) is 0 Å². The molecule has 10 heteroatoms. The molecule has 0 atom stereocenters. The SMILES string of the molecule is CCS(=O)(=O)Nc1ccc(Nc2ccc(C(F)(F)F)nn2)cc1. The minimum Gasteiger partial charge on any atom is -0.339 e. The van der Waals surface area contributed by atoms with Crippen molar-refractivity contribution >= 4 is 27.2 Å². The van der Waals surface area contributed by atoms with Crippen molar-refractivity contribution in [3.05, 3.63) is 42.1 Å². The second-order valence-electron chi connectivity index (χ2n) is 4.51. The predicted molar refractivity (Wildman–Crippen MR) is 79.8 cm³/mol. The van der Waals surface area contributed by atoms with E-state index in [1.165, 1.54) is 19.1 Å². The number of aromatic nitrogens is 2. The van der Waals surface area contributed by atoms with Crippen LogP contribution in [0, 0.1) is 0 Å². The minimum atomic E-state index is -4.54. The van der Waals surface area contributed by atoms with Crippen LogP contribution in [0.25, 0.3) is 0 Å². The lowest BCUT2D eigenvalue weighted by molar-refractivity contribution is -0.141. The van der Waals surface area contributed by atoms with Gasteiger partial charge in [-0.05, 0) is 43.3 Å². The molecule has 0 amide bonds. The Morgan fingerprint density at radius 1 is 1.00 bits per heavy atom. The van der Waals surface area contributed by atoms with E-state index in [2.05, 4.69) is 20.2 Å². The van der Waals surface area contributed by atoms with Gasteiger partial charge in [0.15, 0.2) is 11.5 Å². The second-order valence-corrected chi connectivity index (χ2v) is 6.52. The number of halogens is 3. The lowest BCUT2D eigenvalue weighted by atomic mass is 10.3. The number of nitrogens with one attached hydrogen (secondary N) is 2. The maximum atomic E-state index is 12.4. The van der Waals surface area contributed by atoms with Crippen molar-refractivity contribution in [3.63, 3.8) is 0 Å². The Hall–Kier alpha value is -2.36. The highest BCUT2D eigenvalue weighted by Gasteiger charge is 2.32. The monoisotopic (exact) mass is 346 g/mol. The molecule has 2 aromatic rings. The lowest BCUT2D eigenvalue weighted by Gasteiger charge is -2.09. The van der Waals surface area contributed by atoms with Crippen molar-refractivity contribution in [3.8, 4) is 0 Å². The molecule has 1 aromatic heterocycles. The molecule has 6 nitrogen and oxygen atoms in total. The Kier molecular flexibility index (Phi) is 4.73. The molecular formula is C13H13F3N4O2S. The normalized spacial score (nSPS) is 12.0. The highest BCUT2D eigenvalue weighted by Crippen LogP contribution is 2.27. The summed E-state index contributed by atoms with van der Waals surface area (Å²) in [5, 5.41) is 9.31. The first-order valence-electron chi connectivity index (χ1n) is 6.48. The third kappa shape index (κ3) is 4.81. The van der Waals surface area contributed by atoms with E-state index < -0.39 is 21.9 Å². The maximum absolute atomic E-state index is 12.4. The molecule has 0 aliphatic carbocycles. The molecule has 0 fully saturated rings. The highest BCUT2D eigenvalue weighted by molar-refractivity contribution is 7.92. The van der Waals surface area contributed by atoms with Gasteiger partial charge in [-0.15, -0.1) is 10.2 Å². The number of hydrogen-bond donors (Lipinski definition) is 2. The van der Waals surface area contributed by atoms with Crippen LogP contribution in [0.5, 0.6) is 0 Å². The van der Waals surface area contributed by atoms with Gasteiger partial charge in [0.1, 0.15) is 0 Å². The molecule has 0 unspecified atom stereocenters. The molecular weight excluding hydrogens is 333 g/mol. The van der Waals surface area contributed by atoms with E-state index in [-0.39, 0.29) is 11.6 Å². The van der Waals surface area contributed by atoms with E-state index >= 15 is 0 Å². The number of benzene rings is 1. The Morgan fingerprint density at radius 3 is 2.09 bits per heavy atom. The fourth-order valence-electron chi connectivity index (χ4n) is 1.57. The molecule has 0 radical (unpaired) electrons. The standard InChI is InChI=1S/C13H13F3N4O2S/c1-2-23(21,22)20-10-5-3-9(4-6-10)17-12-8-7-11(18-19-12)13(14,15)16/h3-8,20H,2H2,1H3,(H,17,19). The molecule has 124 valence electrons. The van der Waals surface area contributed by atoms with Gasteiger partial charge < -0.3 is 5.32 Å². The summed E-state index contributed by atoms with van der Waals surface area (Å²) >= 11 is 0. The molecule has 1 aromatic carbocycles. The van der Waals surface area contributed by atoms with E-state index in [0.717, 1.165) is 12.1 Å². The molecule has 0 aliphatic rings. The van der Waals surface area contributed by atoms with Gasteiger partial charge in [0, 0.05) is 11.4 Å². The van der Waals surface area contributed by atoms with Crippen LogP contribution in [0.4, 0.5) is 30.4 Å². The fraction of sp³-hybridized carbons (Fsp3) is 0.231. The summed E-state index contributed by atoms with van der Waals surface area (Å²) in [6, 6.07) is 8.14. The van der Waals surface area contributed by atoms with Gasteiger partial charge >= 0.3 is 6.18 Å². The van der Waals surface area contributed by atoms with Crippen LogP contribution in [0.3, 0.4) is 0 Å². The van der Waals surface area contributed by atoms with Gasteiger partial charge in [-0.1, -0.05) is 0 Å². The van der Waals surface area contributed by atoms with Crippen molar-refractivity contribution in [2.45, 2.75) is 13.1 Å². The Morgan fingerprint density at radius 2 is 1.61 bits per heavy atom. The number of alkyl halides is 3. The highest BCUT2D eigenvalue weighted by atomic mass is 32.2. The third-order valence-corrected chi connectivity index (χ3v) is 4.07. The Bertz CT molecular complexity index is 759. The van der Waals surface area contributed by atoms with Crippen molar-refractivity contribution < 1.29 is 21.6 Å². The molecule has 1 heterocycles. The smallest absolute Gasteiger partial charge is 0.339 e. The molecule has 0 spiro atoms. The topological polar surface area (TPSA) is 84.0 Å². The number of sulfonamides is 1. The van der Waals surface area contributed by atoms with Gasteiger partial charge in [-0.2, -0.15) is 13.2 Å². The maximum Gasteiger partial charge on any atom is 0.435 e. The van der Waals surface area contributed by atoms with Crippen molar-refractivity contribution in [1.29, 1.82) is 0 Å². The summed E-state index contributed by atoms with van der Waals surface area (Å²) in [7, 11) is -3.36. The second kappa shape index (κ2) is 6.41. The van der Waals surface area contributed by atoms with Crippen molar-refractivity contribution in [2.24, 2.45) is 0 Å². The lowest BCUT2D eigenvalue weighted by Crippen LogP contribution is -2.14. The zero-order valence-corrected chi connectivity index (χ0v) is 12.7. The molecule has 2 N–H and O–H groups in total. The first-order chi connectivity index (χ1) is 10.7. The first kappa shape index (κ1) is 17.0. The minimum absolute atomic E-state index is 0.0475. The Balaban J connectivity index is 2.06. The van der Waals surface area contributed by atoms with E-state index in [1.54, 1.807) is 12.1 Å². The summed E-state index contributed by atoms with van der Waals surface area (Å²) in [4.78, 5) is 0. The number of hydrogen-bond acceptors (Lipinski definition) is 5. The van der Waals surface area contributed by atoms with Gasteiger partial charge in [0.2, 0.25) is 10.0 Å². The molecule has 0 bridgehead atoms. The quantitative estimate of drug-likeness (QED) is 0.869. The summed E-state index contributed by atoms with van der Waals surface area (Å²) in [6.07, 6.45) is -4.54. The average molecular weight is 346 g/mol. The van der Waals surface area contributed by atoms with E-state index in [0.29, 0.717) is 11.4 Å². The molecule has 0 aliphatic heterocycles. The van der Waals surface area contributed by atoms with Crippen LogP contribution >= 0.6 is 0 Å². The van der Waals surface area contributed by atoms with Crippen molar-refractivity contribution in [1.82, 2.24) is 10.2 Å². The van der Waals surface area contributed by atoms with E-state index in [4.69, 9.17) is 0 Å². The molecule has 23 heavy (non-hydrogen) atoms. The predicted octanol–water partition coefficient (Wildman–Crippen LogP) is 3.00. The van der Waals surface area contributed by atoms with Crippen LogP contribution in [0.1, 0.15) is 12.6 Å². The number of anilines is 3. The summed E-state index contributed by atoms with van der Waals surface area (Å²) in [6.45, 7) is 1.52. The van der Waals surface area contributed by atoms with Crippen LogP contribution in [-0.2, 0) is 16.2 Å². The van der Waals surface area contributed by atoms with Crippen LogP contribution < -0.4 is 10.0 Å². The van der Waals surface area contributed by atoms with Gasteiger partial charge in [-0.3, -0.25) is 4.72 Å². The van der Waals surface area contributed by atoms with Gasteiger partial charge in [0.05, 0.1) is 5.75 Å². The van der Waals surface area contributed by atoms with Gasteiger partial charge in [0.25, 0.3) is 0 Å². The zero-order chi connectivity index (χ0) is 17.1. The summed E-state index contributed by atoms with van der Waals surface area (Å²) < 4.78 is 62.3. The number of rotatable bonds is 5. The van der Waals surface area contributed by atoms with Crippen LogP contribution in [0.2, 0.25) is 0 Å². The zero-order valence-electron chi connectivity index (χ0n) is 11.9. The molecule has 0 saturated heterocycles. The van der Waals surface area contributed by atoms with Crippen LogP contribution in [0.15, 0.2) is 36.4 Å². The molecule has 0 saturated carbocycles. The average Bonchev–Trinajstić information content (AvgIpc) is 2.49. The van der Waals surface area contributed by atoms with Crippen molar-refractivity contribution in [2.75, 3.05) is 15.8 Å². The van der Waals surface area contributed by atoms with Gasteiger partial charge in [-0.25, -0.2) is 8.42 Å². The summed E-state index contributed by atoms with van der Waals surface area (Å²) in [5.74, 6) is 0.0913. The first-order valence-corrected chi connectivity index (χ1v) is 8.13. The molecule has 2 rings (SSSR count). The Labute approximate surface area is 130 Å². The fourth-order valence-corrected chi connectivity index (χ4v) is 2.21. The third-order valence-electron chi connectivity index (χ3n) is 2.77. The number of nitrogens with zero attached hydrogens (tertiary/aromatic N) is 2.